The average Bonchev–Trinajstić information content (AvgIpc) is 2.76. The summed E-state index contributed by atoms with van der Waals surface area (Å²) in [7, 11) is 0. The van der Waals surface area contributed by atoms with Gasteiger partial charge in [0.2, 0.25) is 0 Å². The number of carbonyl (C=O) groups excluding carboxylic acids is 3. The number of nitro benzene ring substituents is 1. The van der Waals surface area contributed by atoms with Crippen molar-refractivity contribution in [1.82, 2.24) is 0 Å². The molecule has 176 valence electrons. The predicted molar refractivity (Wildman–Crippen MR) is 119 cm³/mol. The Morgan fingerprint density at radius 3 is 2.24 bits per heavy atom. The van der Waals surface area contributed by atoms with Crippen molar-refractivity contribution in [2.75, 3.05) is 0 Å². The van der Waals surface area contributed by atoms with Crippen LogP contribution in [0.4, 0.5) is 10.5 Å². The molecule has 9 nitrogen and oxygen atoms in total. The molecule has 0 radical (unpaired) electrons. The normalized spacial score (nSPS) is 10.9. The summed E-state index contributed by atoms with van der Waals surface area (Å²) in [5.41, 5.74) is -0.132. The number of non-ortho nitro benzene ring substituents is 1. The van der Waals surface area contributed by atoms with Crippen molar-refractivity contribution in [2.24, 2.45) is 5.41 Å². The van der Waals surface area contributed by atoms with Gasteiger partial charge in [0.1, 0.15) is 18.1 Å². The zero-order chi connectivity index (χ0) is 24.6. The first-order chi connectivity index (χ1) is 15.5. The van der Waals surface area contributed by atoms with E-state index < -0.39 is 22.5 Å². The van der Waals surface area contributed by atoms with Crippen LogP contribution in [0.5, 0.6) is 11.5 Å². The van der Waals surface area contributed by atoms with Gasteiger partial charge in [-0.1, -0.05) is 19.4 Å². The van der Waals surface area contributed by atoms with Gasteiger partial charge < -0.3 is 14.2 Å². The minimum atomic E-state index is -1.01. The van der Waals surface area contributed by atoms with Gasteiger partial charge in [0.05, 0.1) is 15.9 Å². The number of ether oxygens (including phenoxy) is 3. The van der Waals surface area contributed by atoms with Crippen LogP contribution < -0.4 is 9.47 Å². The van der Waals surface area contributed by atoms with Gasteiger partial charge in [-0.3, -0.25) is 19.7 Å². The van der Waals surface area contributed by atoms with Crippen molar-refractivity contribution < 1.29 is 33.5 Å². The lowest BCUT2D eigenvalue weighted by molar-refractivity contribution is -0.384. The predicted octanol–water partition coefficient (Wildman–Crippen LogP) is 5.63. The van der Waals surface area contributed by atoms with Gasteiger partial charge in [-0.15, -0.1) is 0 Å². The molecule has 0 saturated carbocycles. The molecule has 0 saturated heterocycles. The molecule has 0 aliphatic heterocycles. The van der Waals surface area contributed by atoms with Crippen molar-refractivity contribution >= 4 is 23.6 Å². The van der Waals surface area contributed by atoms with E-state index in [1.165, 1.54) is 36.4 Å². The topological polar surface area (TPSA) is 122 Å². The van der Waals surface area contributed by atoms with Crippen LogP contribution in [0.3, 0.4) is 0 Å². The van der Waals surface area contributed by atoms with E-state index in [2.05, 4.69) is 0 Å². The van der Waals surface area contributed by atoms with Crippen molar-refractivity contribution in [2.45, 2.75) is 53.6 Å². The van der Waals surface area contributed by atoms with Crippen molar-refractivity contribution in [3.05, 3.63) is 63.7 Å². The lowest BCUT2D eigenvalue weighted by atomic mass is 9.97. The summed E-state index contributed by atoms with van der Waals surface area (Å²) in [6, 6.07) is 9.58. The van der Waals surface area contributed by atoms with E-state index in [0.717, 1.165) is 6.42 Å². The summed E-state index contributed by atoms with van der Waals surface area (Å²) >= 11 is 0. The summed E-state index contributed by atoms with van der Waals surface area (Å²) in [5, 5.41) is 10.7. The van der Waals surface area contributed by atoms with Gasteiger partial charge in [-0.2, -0.15) is 0 Å². The lowest BCUT2D eigenvalue weighted by Crippen LogP contribution is -2.26. The summed E-state index contributed by atoms with van der Waals surface area (Å²) in [6.45, 7) is 6.92. The SMILES string of the molecule is CCCCC(=O)c1cc(COC(=O)Oc2ccc([N+](=O)[O-])cc2)ccc1OC(=O)C(C)(C)C. The second-order valence-corrected chi connectivity index (χ2v) is 8.39. The fraction of sp³-hybridized carbons (Fsp3) is 0.375. The standard InChI is InChI=1S/C24H27NO8/c1-5-6-7-20(26)19-14-16(8-13-21(19)33-22(27)24(2,3)4)15-31-23(28)32-18-11-9-17(10-12-18)25(29)30/h8-14H,5-7,15H2,1-4H3. The van der Waals surface area contributed by atoms with E-state index in [1.54, 1.807) is 26.8 Å². The number of nitrogens with zero attached hydrogens (tertiary/aromatic N) is 1. The Balaban J connectivity index is 2.10. The maximum atomic E-state index is 12.7. The van der Waals surface area contributed by atoms with Gasteiger partial charge in [-0.05, 0) is 57.0 Å². The molecule has 0 unspecified atom stereocenters. The zero-order valence-corrected chi connectivity index (χ0v) is 19.1. The van der Waals surface area contributed by atoms with Crippen molar-refractivity contribution in [3.63, 3.8) is 0 Å². The van der Waals surface area contributed by atoms with Gasteiger partial charge >= 0.3 is 12.1 Å². The largest absolute Gasteiger partial charge is 0.514 e. The van der Waals surface area contributed by atoms with Crippen LogP contribution in [-0.2, 0) is 16.1 Å². The first kappa shape index (κ1) is 25.5. The van der Waals surface area contributed by atoms with E-state index in [1.807, 2.05) is 6.92 Å². The quantitative estimate of drug-likeness (QED) is 0.118. The molecule has 0 bridgehead atoms. The van der Waals surface area contributed by atoms with Crippen molar-refractivity contribution in [1.29, 1.82) is 0 Å². The molecule has 2 rings (SSSR count). The Kier molecular flexibility index (Phi) is 8.67. The molecule has 0 spiro atoms. The second-order valence-electron chi connectivity index (χ2n) is 8.39. The van der Waals surface area contributed by atoms with Crippen LogP contribution in [0.2, 0.25) is 0 Å². The van der Waals surface area contributed by atoms with Gasteiger partial charge in [-0.25, -0.2) is 4.79 Å². The van der Waals surface area contributed by atoms with Crippen molar-refractivity contribution in [3.8, 4) is 11.5 Å². The van der Waals surface area contributed by atoms with Gasteiger partial charge in [0.15, 0.2) is 5.78 Å². The summed E-state index contributed by atoms with van der Waals surface area (Å²) in [5.74, 6) is -0.398. The summed E-state index contributed by atoms with van der Waals surface area (Å²) in [6.07, 6.45) is 0.808. The molecule has 0 N–H and O–H groups in total. The number of benzene rings is 2. The van der Waals surface area contributed by atoms with Crippen LogP contribution in [0.1, 0.15) is 62.9 Å². The number of hydrogen-bond acceptors (Lipinski definition) is 8. The third kappa shape index (κ3) is 7.71. The maximum Gasteiger partial charge on any atom is 0.514 e. The Morgan fingerprint density at radius 1 is 1.00 bits per heavy atom. The molecule has 2 aromatic carbocycles. The highest BCUT2D eigenvalue weighted by molar-refractivity contribution is 5.99. The number of rotatable bonds is 9. The number of hydrogen-bond donors (Lipinski definition) is 0. The van der Waals surface area contributed by atoms with Gasteiger partial charge in [0, 0.05) is 18.6 Å². The van der Waals surface area contributed by atoms with Crippen LogP contribution in [0.25, 0.3) is 0 Å². The summed E-state index contributed by atoms with van der Waals surface area (Å²) in [4.78, 5) is 47.1. The number of nitro groups is 1. The third-order valence-electron chi connectivity index (χ3n) is 4.52. The van der Waals surface area contributed by atoms with E-state index in [4.69, 9.17) is 14.2 Å². The van der Waals surface area contributed by atoms with E-state index in [9.17, 15) is 24.5 Å². The van der Waals surface area contributed by atoms with Crippen LogP contribution in [-0.4, -0.2) is 22.8 Å². The Hall–Kier alpha value is -3.75. The first-order valence-corrected chi connectivity index (χ1v) is 10.5. The molecule has 0 aliphatic rings. The minimum absolute atomic E-state index is 0.0884. The lowest BCUT2D eigenvalue weighted by Gasteiger charge is -2.18. The molecule has 9 heteroatoms. The molecule has 33 heavy (non-hydrogen) atoms. The Bertz CT molecular complexity index is 1020. The average molecular weight is 457 g/mol. The van der Waals surface area contributed by atoms with E-state index in [-0.39, 0.29) is 35.1 Å². The molecule has 0 fully saturated rings. The van der Waals surface area contributed by atoms with Crippen LogP contribution in [0, 0.1) is 15.5 Å². The zero-order valence-electron chi connectivity index (χ0n) is 19.1. The molecule has 0 atom stereocenters. The molecular formula is C24H27NO8. The second kappa shape index (κ2) is 11.2. The Morgan fingerprint density at radius 2 is 1.67 bits per heavy atom. The molecule has 0 aromatic heterocycles. The van der Waals surface area contributed by atoms with E-state index >= 15 is 0 Å². The maximum absolute atomic E-state index is 12.7. The molecule has 2 aromatic rings. The first-order valence-electron chi connectivity index (χ1n) is 10.5. The molecular weight excluding hydrogens is 430 g/mol. The number of Topliss-reactive ketones (excluding diaryl/α,β-unsaturated/α-hetero) is 1. The number of carbonyl (C=O) groups is 3. The molecule has 0 heterocycles. The highest BCUT2D eigenvalue weighted by atomic mass is 16.7. The van der Waals surface area contributed by atoms with Gasteiger partial charge in [0.25, 0.3) is 5.69 Å². The highest BCUT2D eigenvalue weighted by Crippen LogP contribution is 2.26. The summed E-state index contributed by atoms with van der Waals surface area (Å²) < 4.78 is 15.5. The number of ketones is 1. The monoisotopic (exact) mass is 457 g/mol. The Labute approximate surface area is 191 Å². The van der Waals surface area contributed by atoms with E-state index in [0.29, 0.717) is 18.4 Å². The number of esters is 1. The smallest absolute Gasteiger partial charge is 0.429 e. The fourth-order valence-corrected chi connectivity index (χ4v) is 2.60. The third-order valence-corrected chi connectivity index (χ3v) is 4.52. The van der Waals surface area contributed by atoms with Crippen LogP contribution in [0.15, 0.2) is 42.5 Å². The van der Waals surface area contributed by atoms with Crippen LogP contribution >= 0.6 is 0 Å². The highest BCUT2D eigenvalue weighted by Gasteiger charge is 2.26. The fourth-order valence-electron chi connectivity index (χ4n) is 2.60. The minimum Gasteiger partial charge on any atom is -0.429 e. The number of unbranched alkanes of at least 4 members (excludes halogenated alkanes) is 1. The molecule has 0 aliphatic carbocycles. The molecule has 0 amide bonds.